The molecule has 0 saturated heterocycles. The molecule has 3 aromatic rings. The molecule has 0 bridgehead atoms. The maximum Gasteiger partial charge on any atom is 0.255 e. The molecule has 0 fully saturated rings. The van der Waals surface area contributed by atoms with Crippen LogP contribution in [0.3, 0.4) is 0 Å². The second-order valence-corrected chi connectivity index (χ2v) is 6.15. The molecule has 7 nitrogen and oxygen atoms in total. The number of ether oxygens (including phenoxy) is 2. The fourth-order valence-corrected chi connectivity index (χ4v) is 2.71. The summed E-state index contributed by atoms with van der Waals surface area (Å²) in [5.74, 6) is 0.473. The van der Waals surface area contributed by atoms with Crippen molar-refractivity contribution in [3.63, 3.8) is 0 Å². The first-order valence-electron chi connectivity index (χ1n) is 8.91. The summed E-state index contributed by atoms with van der Waals surface area (Å²) in [4.78, 5) is 29.0. The zero-order valence-corrected chi connectivity index (χ0v) is 16.1. The lowest BCUT2D eigenvalue weighted by atomic mass is 10.1. The Kier molecular flexibility index (Phi) is 6.42. The molecule has 0 unspecified atom stereocenters. The Morgan fingerprint density at radius 2 is 1.66 bits per heavy atom. The Bertz CT molecular complexity index is 1010. The molecule has 1 heterocycles. The molecule has 0 saturated carbocycles. The number of hydrogen-bond acceptors (Lipinski definition) is 5. The Morgan fingerprint density at radius 1 is 0.897 bits per heavy atom. The standard InChI is InChI=1S/C22H21N3O4/c1-28-19-9-8-18(12-20(19)29-2)25-22(27)17-7-3-6-16(11-17)21(26)24-14-15-5-4-10-23-13-15/h3-13H,14H2,1-2H3,(H,24,26)(H,25,27). The van der Waals surface area contributed by atoms with Gasteiger partial charge < -0.3 is 20.1 Å². The number of rotatable bonds is 7. The van der Waals surface area contributed by atoms with Crippen molar-refractivity contribution in [2.45, 2.75) is 6.54 Å². The second-order valence-electron chi connectivity index (χ2n) is 6.15. The summed E-state index contributed by atoms with van der Waals surface area (Å²) < 4.78 is 10.4. The van der Waals surface area contributed by atoms with Gasteiger partial charge in [-0.2, -0.15) is 0 Å². The third-order valence-electron chi connectivity index (χ3n) is 4.20. The molecule has 0 atom stereocenters. The zero-order chi connectivity index (χ0) is 20.6. The van der Waals surface area contributed by atoms with Crippen LogP contribution < -0.4 is 20.1 Å². The quantitative estimate of drug-likeness (QED) is 0.645. The van der Waals surface area contributed by atoms with Crippen LogP contribution in [0.5, 0.6) is 11.5 Å². The first kappa shape index (κ1) is 19.9. The van der Waals surface area contributed by atoms with Gasteiger partial charge in [0.25, 0.3) is 11.8 Å². The highest BCUT2D eigenvalue weighted by Crippen LogP contribution is 2.29. The van der Waals surface area contributed by atoms with Gasteiger partial charge in [-0.05, 0) is 42.0 Å². The molecule has 0 spiro atoms. The van der Waals surface area contributed by atoms with Gasteiger partial charge in [0.05, 0.1) is 14.2 Å². The van der Waals surface area contributed by atoms with E-state index in [4.69, 9.17) is 9.47 Å². The number of nitrogens with zero attached hydrogens (tertiary/aromatic N) is 1. The van der Waals surface area contributed by atoms with E-state index in [9.17, 15) is 9.59 Å². The molecular formula is C22H21N3O4. The van der Waals surface area contributed by atoms with Gasteiger partial charge in [0.15, 0.2) is 11.5 Å². The van der Waals surface area contributed by atoms with Gasteiger partial charge in [-0.3, -0.25) is 14.6 Å². The van der Waals surface area contributed by atoms with Gasteiger partial charge in [-0.1, -0.05) is 12.1 Å². The van der Waals surface area contributed by atoms with Crippen molar-refractivity contribution in [3.8, 4) is 11.5 Å². The minimum Gasteiger partial charge on any atom is -0.493 e. The Hall–Kier alpha value is -3.87. The lowest BCUT2D eigenvalue weighted by molar-refractivity contribution is 0.0951. The van der Waals surface area contributed by atoms with Crippen LogP contribution in [-0.4, -0.2) is 31.0 Å². The summed E-state index contributed by atoms with van der Waals surface area (Å²) in [5.41, 5.74) is 2.21. The third-order valence-corrected chi connectivity index (χ3v) is 4.20. The number of anilines is 1. The number of hydrogen-bond donors (Lipinski definition) is 2. The topological polar surface area (TPSA) is 89.5 Å². The number of pyridine rings is 1. The van der Waals surface area contributed by atoms with Gasteiger partial charge in [-0.25, -0.2) is 0 Å². The van der Waals surface area contributed by atoms with Crippen LogP contribution in [-0.2, 0) is 6.54 Å². The highest BCUT2D eigenvalue weighted by Gasteiger charge is 2.12. The van der Waals surface area contributed by atoms with Crippen LogP contribution in [0.4, 0.5) is 5.69 Å². The Morgan fingerprint density at radius 3 is 2.34 bits per heavy atom. The van der Waals surface area contributed by atoms with E-state index in [1.54, 1.807) is 68.0 Å². The summed E-state index contributed by atoms with van der Waals surface area (Å²) in [6.07, 6.45) is 3.36. The molecule has 2 N–H and O–H groups in total. The van der Waals surface area contributed by atoms with Crippen molar-refractivity contribution in [2.24, 2.45) is 0 Å². The number of methoxy groups -OCH3 is 2. The lowest BCUT2D eigenvalue weighted by Crippen LogP contribution is -2.23. The van der Waals surface area contributed by atoms with Crippen molar-refractivity contribution < 1.29 is 19.1 Å². The van der Waals surface area contributed by atoms with E-state index >= 15 is 0 Å². The molecule has 0 aliphatic carbocycles. The first-order chi connectivity index (χ1) is 14.1. The molecule has 3 rings (SSSR count). The minimum atomic E-state index is -0.334. The highest BCUT2D eigenvalue weighted by atomic mass is 16.5. The number of nitrogens with one attached hydrogen (secondary N) is 2. The molecule has 7 heteroatoms. The van der Waals surface area contributed by atoms with E-state index in [1.807, 2.05) is 6.07 Å². The maximum absolute atomic E-state index is 12.6. The minimum absolute atomic E-state index is 0.269. The molecule has 29 heavy (non-hydrogen) atoms. The van der Waals surface area contributed by atoms with Gasteiger partial charge in [-0.15, -0.1) is 0 Å². The largest absolute Gasteiger partial charge is 0.493 e. The molecular weight excluding hydrogens is 370 g/mol. The average molecular weight is 391 g/mol. The van der Waals surface area contributed by atoms with Gasteiger partial charge in [0.2, 0.25) is 0 Å². The van der Waals surface area contributed by atoms with Crippen LogP contribution in [0.2, 0.25) is 0 Å². The van der Waals surface area contributed by atoms with Crippen LogP contribution in [0.15, 0.2) is 67.0 Å². The highest BCUT2D eigenvalue weighted by molar-refractivity contribution is 6.06. The fourth-order valence-electron chi connectivity index (χ4n) is 2.71. The molecule has 2 amide bonds. The summed E-state index contributed by atoms with van der Waals surface area (Å²) >= 11 is 0. The van der Waals surface area contributed by atoms with Gasteiger partial charge in [0, 0.05) is 41.8 Å². The molecule has 0 radical (unpaired) electrons. The molecule has 0 aliphatic rings. The summed E-state index contributed by atoms with van der Waals surface area (Å²) in [5, 5.41) is 5.61. The van der Waals surface area contributed by atoms with E-state index in [0.717, 1.165) is 5.56 Å². The van der Waals surface area contributed by atoms with Crippen LogP contribution >= 0.6 is 0 Å². The Balaban J connectivity index is 1.68. The smallest absolute Gasteiger partial charge is 0.255 e. The van der Waals surface area contributed by atoms with Gasteiger partial charge in [0.1, 0.15) is 0 Å². The molecule has 2 aromatic carbocycles. The summed E-state index contributed by atoms with van der Waals surface area (Å²) in [6, 6.07) is 15.3. The SMILES string of the molecule is COc1ccc(NC(=O)c2cccc(C(=O)NCc3cccnc3)c2)cc1OC. The fraction of sp³-hybridized carbons (Fsp3) is 0.136. The molecule has 0 aliphatic heterocycles. The van der Waals surface area contributed by atoms with E-state index in [0.29, 0.717) is 34.9 Å². The number of benzene rings is 2. The van der Waals surface area contributed by atoms with Crippen molar-refractivity contribution in [3.05, 3.63) is 83.7 Å². The summed E-state index contributed by atoms with van der Waals surface area (Å²) in [6.45, 7) is 0.356. The van der Waals surface area contributed by atoms with Crippen LogP contribution in [0.1, 0.15) is 26.3 Å². The van der Waals surface area contributed by atoms with Crippen LogP contribution in [0.25, 0.3) is 0 Å². The normalized spacial score (nSPS) is 10.1. The number of aromatic nitrogens is 1. The molecule has 1 aromatic heterocycles. The second kappa shape index (κ2) is 9.36. The van der Waals surface area contributed by atoms with Gasteiger partial charge >= 0.3 is 0 Å². The maximum atomic E-state index is 12.6. The predicted molar refractivity (Wildman–Crippen MR) is 109 cm³/mol. The van der Waals surface area contributed by atoms with E-state index in [2.05, 4.69) is 15.6 Å². The summed E-state index contributed by atoms with van der Waals surface area (Å²) in [7, 11) is 3.07. The zero-order valence-electron chi connectivity index (χ0n) is 16.1. The number of amides is 2. The van der Waals surface area contributed by atoms with E-state index in [1.165, 1.54) is 7.11 Å². The van der Waals surface area contributed by atoms with Crippen molar-refractivity contribution in [1.82, 2.24) is 10.3 Å². The van der Waals surface area contributed by atoms with E-state index < -0.39 is 0 Å². The number of carbonyl (C=O) groups is 2. The number of carbonyl (C=O) groups excluding carboxylic acids is 2. The van der Waals surface area contributed by atoms with Crippen molar-refractivity contribution in [2.75, 3.05) is 19.5 Å². The third kappa shape index (κ3) is 5.10. The average Bonchev–Trinajstić information content (AvgIpc) is 2.78. The van der Waals surface area contributed by atoms with E-state index in [-0.39, 0.29) is 11.8 Å². The van der Waals surface area contributed by atoms with Crippen molar-refractivity contribution in [1.29, 1.82) is 0 Å². The Labute approximate surface area is 168 Å². The lowest BCUT2D eigenvalue weighted by Gasteiger charge is -2.11. The van der Waals surface area contributed by atoms with Crippen LogP contribution in [0, 0.1) is 0 Å². The van der Waals surface area contributed by atoms with Crippen molar-refractivity contribution >= 4 is 17.5 Å². The first-order valence-corrected chi connectivity index (χ1v) is 8.91. The predicted octanol–water partition coefficient (Wildman–Crippen LogP) is 3.28. The monoisotopic (exact) mass is 391 g/mol. The molecule has 148 valence electrons.